The second-order valence-corrected chi connectivity index (χ2v) is 7.30. The molecule has 29 heavy (non-hydrogen) atoms. The first kappa shape index (κ1) is 20.6. The van der Waals surface area contributed by atoms with E-state index in [1.807, 2.05) is 32.9 Å². The average Bonchev–Trinajstić information content (AvgIpc) is 3.11. The molecule has 0 bridgehead atoms. The fraction of sp³-hybridized carbons (Fsp3) is 0.348. The van der Waals surface area contributed by atoms with E-state index in [-0.39, 0.29) is 24.9 Å². The van der Waals surface area contributed by atoms with Gasteiger partial charge in [-0.3, -0.25) is 9.59 Å². The van der Waals surface area contributed by atoms with Crippen LogP contribution in [0.1, 0.15) is 39.9 Å². The summed E-state index contributed by atoms with van der Waals surface area (Å²) in [7, 11) is 0. The third-order valence-electron chi connectivity index (χ3n) is 4.86. The van der Waals surface area contributed by atoms with Gasteiger partial charge < -0.3 is 14.4 Å². The molecule has 6 nitrogen and oxygen atoms in total. The van der Waals surface area contributed by atoms with E-state index in [0.29, 0.717) is 30.0 Å². The summed E-state index contributed by atoms with van der Waals surface area (Å²) >= 11 is 0. The van der Waals surface area contributed by atoms with Crippen molar-refractivity contribution in [2.24, 2.45) is 0 Å². The zero-order valence-electron chi connectivity index (χ0n) is 17.0. The lowest BCUT2D eigenvalue weighted by Crippen LogP contribution is -2.24. The molecule has 1 amide bonds. The van der Waals surface area contributed by atoms with Crippen LogP contribution in [0.5, 0.6) is 5.75 Å². The van der Waals surface area contributed by atoms with Crippen molar-refractivity contribution >= 4 is 23.3 Å². The molecular weight excluding hydrogens is 370 g/mol. The number of rotatable bonds is 7. The lowest BCUT2D eigenvalue weighted by Gasteiger charge is -2.16. The van der Waals surface area contributed by atoms with Gasteiger partial charge in [-0.05, 0) is 50.5 Å². The second kappa shape index (κ2) is 8.90. The van der Waals surface area contributed by atoms with Gasteiger partial charge in [0.1, 0.15) is 5.75 Å². The van der Waals surface area contributed by atoms with Crippen molar-refractivity contribution in [2.75, 3.05) is 24.7 Å². The summed E-state index contributed by atoms with van der Waals surface area (Å²) in [4.78, 5) is 38.0. The van der Waals surface area contributed by atoms with Gasteiger partial charge in [0.25, 0.3) is 0 Å². The minimum Gasteiger partial charge on any atom is -0.481 e. The zero-order valence-corrected chi connectivity index (χ0v) is 17.0. The first-order chi connectivity index (χ1) is 13.8. The maximum atomic E-state index is 12.4. The molecule has 3 rings (SSSR count). The summed E-state index contributed by atoms with van der Waals surface area (Å²) < 4.78 is 10.7. The van der Waals surface area contributed by atoms with Crippen LogP contribution in [0.4, 0.5) is 5.69 Å². The van der Waals surface area contributed by atoms with Gasteiger partial charge in [-0.15, -0.1) is 0 Å². The summed E-state index contributed by atoms with van der Waals surface area (Å²) in [6, 6.07) is 10.8. The Morgan fingerprint density at radius 2 is 1.76 bits per heavy atom. The van der Waals surface area contributed by atoms with E-state index < -0.39 is 5.97 Å². The van der Waals surface area contributed by atoms with Crippen LogP contribution < -0.4 is 9.64 Å². The molecule has 0 saturated carbocycles. The Bertz CT molecular complexity index is 927. The van der Waals surface area contributed by atoms with Crippen molar-refractivity contribution in [1.29, 1.82) is 0 Å². The number of esters is 1. The molecule has 0 N–H and O–H groups in total. The van der Waals surface area contributed by atoms with E-state index in [1.54, 1.807) is 29.2 Å². The third-order valence-corrected chi connectivity index (χ3v) is 4.86. The molecule has 0 aliphatic carbocycles. The predicted molar refractivity (Wildman–Crippen MR) is 109 cm³/mol. The number of carbonyl (C=O) groups is 3. The van der Waals surface area contributed by atoms with Crippen molar-refractivity contribution < 1.29 is 23.9 Å². The summed E-state index contributed by atoms with van der Waals surface area (Å²) in [5.74, 6) is -0.222. The number of carbonyl (C=O) groups excluding carboxylic acids is 3. The highest BCUT2D eigenvalue weighted by molar-refractivity contribution is 6.01. The highest BCUT2D eigenvalue weighted by atomic mass is 16.6. The van der Waals surface area contributed by atoms with Gasteiger partial charge in [-0.1, -0.05) is 29.8 Å². The number of anilines is 1. The maximum absolute atomic E-state index is 12.4. The molecule has 1 aliphatic heterocycles. The van der Waals surface area contributed by atoms with Gasteiger partial charge in [0.2, 0.25) is 5.91 Å². The molecule has 0 atom stereocenters. The van der Waals surface area contributed by atoms with E-state index in [0.717, 1.165) is 23.1 Å². The van der Waals surface area contributed by atoms with E-state index in [1.165, 1.54) is 0 Å². The van der Waals surface area contributed by atoms with Crippen LogP contribution in [-0.4, -0.2) is 37.4 Å². The van der Waals surface area contributed by atoms with Gasteiger partial charge in [0, 0.05) is 24.2 Å². The maximum Gasteiger partial charge on any atom is 0.344 e. The minimum absolute atomic E-state index is 0.0554. The number of benzene rings is 2. The van der Waals surface area contributed by atoms with Gasteiger partial charge in [-0.25, -0.2) is 4.79 Å². The normalized spacial score (nSPS) is 13.5. The van der Waals surface area contributed by atoms with Crippen LogP contribution in [0, 0.1) is 20.8 Å². The van der Waals surface area contributed by atoms with Gasteiger partial charge in [0.05, 0.1) is 0 Å². The molecule has 2 aromatic rings. The Hall–Kier alpha value is -3.15. The highest BCUT2D eigenvalue weighted by Gasteiger charge is 2.22. The van der Waals surface area contributed by atoms with E-state index in [9.17, 15) is 14.4 Å². The number of ether oxygens (including phenoxy) is 2. The molecule has 6 heteroatoms. The summed E-state index contributed by atoms with van der Waals surface area (Å²) in [6.07, 6.45) is 1.34. The van der Waals surface area contributed by atoms with Gasteiger partial charge >= 0.3 is 5.97 Å². The van der Waals surface area contributed by atoms with Crippen LogP contribution in [0.15, 0.2) is 36.4 Å². The topological polar surface area (TPSA) is 72.9 Å². The molecule has 1 saturated heterocycles. The first-order valence-electron chi connectivity index (χ1n) is 9.65. The van der Waals surface area contributed by atoms with Crippen molar-refractivity contribution in [2.45, 2.75) is 33.6 Å². The standard InChI is InChI=1S/C23H25NO5/c1-15-10-16(2)23(17(3)11-15)29-14-22(27)28-13-20(25)18-6-4-7-19(12-18)24-9-5-8-21(24)26/h4,6-7,10-12H,5,8-9,13-14H2,1-3H3. The molecule has 0 unspecified atom stereocenters. The number of aryl methyl sites for hydroxylation is 3. The number of ketones is 1. The lowest BCUT2D eigenvalue weighted by atomic mass is 10.1. The zero-order chi connectivity index (χ0) is 21.0. The summed E-state index contributed by atoms with van der Waals surface area (Å²) in [5.41, 5.74) is 4.11. The molecule has 1 heterocycles. The Balaban J connectivity index is 1.54. The molecule has 1 fully saturated rings. The largest absolute Gasteiger partial charge is 0.481 e. The van der Waals surface area contributed by atoms with Gasteiger partial charge in [-0.2, -0.15) is 0 Å². The highest BCUT2D eigenvalue weighted by Crippen LogP contribution is 2.25. The van der Waals surface area contributed by atoms with Crippen molar-refractivity contribution in [1.82, 2.24) is 0 Å². The molecular formula is C23H25NO5. The van der Waals surface area contributed by atoms with E-state index in [2.05, 4.69) is 0 Å². The van der Waals surface area contributed by atoms with Crippen LogP contribution in [0.2, 0.25) is 0 Å². The van der Waals surface area contributed by atoms with Crippen molar-refractivity contribution in [3.05, 3.63) is 58.7 Å². The quantitative estimate of drug-likeness (QED) is 0.530. The minimum atomic E-state index is -0.608. The van der Waals surface area contributed by atoms with E-state index >= 15 is 0 Å². The Labute approximate surface area is 170 Å². The van der Waals surface area contributed by atoms with E-state index in [4.69, 9.17) is 9.47 Å². The fourth-order valence-electron chi connectivity index (χ4n) is 3.56. The molecule has 0 radical (unpaired) electrons. The van der Waals surface area contributed by atoms with Crippen molar-refractivity contribution in [3.63, 3.8) is 0 Å². The average molecular weight is 395 g/mol. The predicted octanol–water partition coefficient (Wildman–Crippen LogP) is 3.54. The van der Waals surface area contributed by atoms with Crippen molar-refractivity contribution in [3.8, 4) is 5.75 Å². The molecule has 0 aromatic heterocycles. The second-order valence-electron chi connectivity index (χ2n) is 7.30. The Kier molecular flexibility index (Phi) is 6.32. The molecule has 1 aliphatic rings. The summed E-state index contributed by atoms with van der Waals surface area (Å²) in [5, 5.41) is 0. The lowest BCUT2D eigenvalue weighted by molar-refractivity contribution is -0.144. The third kappa shape index (κ3) is 5.02. The van der Waals surface area contributed by atoms with Crippen LogP contribution in [-0.2, 0) is 14.3 Å². The number of hydrogen-bond acceptors (Lipinski definition) is 5. The SMILES string of the molecule is Cc1cc(C)c(OCC(=O)OCC(=O)c2cccc(N3CCCC3=O)c2)c(C)c1. The number of hydrogen-bond donors (Lipinski definition) is 0. The molecule has 152 valence electrons. The monoisotopic (exact) mass is 395 g/mol. The van der Waals surface area contributed by atoms with Crippen LogP contribution in [0.3, 0.4) is 0 Å². The fourth-order valence-corrected chi connectivity index (χ4v) is 3.56. The number of Topliss-reactive ketones (excluding diaryl/α,β-unsaturated/α-hetero) is 1. The summed E-state index contributed by atoms with van der Waals surface area (Å²) in [6.45, 7) is 5.86. The van der Waals surface area contributed by atoms with Gasteiger partial charge in [0.15, 0.2) is 19.0 Å². The van der Waals surface area contributed by atoms with Crippen LogP contribution in [0.25, 0.3) is 0 Å². The number of nitrogens with zero attached hydrogens (tertiary/aromatic N) is 1. The Morgan fingerprint density at radius 1 is 1.03 bits per heavy atom. The molecule has 2 aromatic carbocycles. The Morgan fingerprint density at radius 3 is 2.41 bits per heavy atom. The van der Waals surface area contributed by atoms with Crippen LogP contribution >= 0.6 is 0 Å². The smallest absolute Gasteiger partial charge is 0.344 e. The first-order valence-corrected chi connectivity index (χ1v) is 9.65. The number of amides is 1. The molecule has 0 spiro atoms.